The van der Waals surface area contributed by atoms with Gasteiger partial charge in [-0.05, 0) is 24.6 Å². The smallest absolute Gasteiger partial charge is 0.310 e. The first kappa shape index (κ1) is 15.6. The van der Waals surface area contributed by atoms with Crippen LogP contribution in [-0.2, 0) is 6.61 Å². The number of hydrogen-bond acceptors (Lipinski definition) is 6. The molecule has 0 bridgehead atoms. The van der Waals surface area contributed by atoms with Gasteiger partial charge in [0.05, 0.1) is 4.92 Å². The summed E-state index contributed by atoms with van der Waals surface area (Å²) in [4.78, 5) is 14.5. The highest BCUT2D eigenvalue weighted by Gasteiger charge is 2.16. The molecule has 0 atom stereocenters. The molecule has 122 valence electrons. The van der Waals surface area contributed by atoms with E-state index >= 15 is 0 Å². The molecule has 0 N–H and O–H groups in total. The summed E-state index contributed by atoms with van der Waals surface area (Å²) in [6.07, 6.45) is 0. The fourth-order valence-electron chi connectivity index (χ4n) is 2.03. The third-order valence-electron chi connectivity index (χ3n) is 3.31. The standard InChI is InChI=1S/C16H12FN3O4/c1-10-6-7-11(8-12(10)17)16-18-15(24-19-16)9-23-14-5-3-2-4-13(14)20(21)22/h2-8H,9H2,1H3. The van der Waals surface area contributed by atoms with Crippen LogP contribution in [0.3, 0.4) is 0 Å². The largest absolute Gasteiger partial charge is 0.477 e. The molecule has 0 aliphatic carbocycles. The van der Waals surface area contributed by atoms with Gasteiger partial charge in [-0.1, -0.05) is 29.4 Å². The van der Waals surface area contributed by atoms with Gasteiger partial charge >= 0.3 is 5.69 Å². The van der Waals surface area contributed by atoms with Gasteiger partial charge < -0.3 is 9.26 Å². The third kappa shape index (κ3) is 3.22. The second-order valence-electron chi connectivity index (χ2n) is 4.99. The monoisotopic (exact) mass is 329 g/mol. The molecule has 3 rings (SSSR count). The predicted octanol–water partition coefficient (Wildman–Crippen LogP) is 3.67. The van der Waals surface area contributed by atoms with Crippen LogP contribution in [-0.4, -0.2) is 15.1 Å². The van der Waals surface area contributed by atoms with E-state index in [2.05, 4.69) is 10.1 Å². The molecule has 0 unspecified atom stereocenters. The Kier molecular flexibility index (Phi) is 4.19. The van der Waals surface area contributed by atoms with Crippen molar-refractivity contribution in [2.24, 2.45) is 0 Å². The molecule has 0 saturated carbocycles. The lowest BCUT2D eigenvalue weighted by atomic mass is 10.1. The Hall–Kier alpha value is -3.29. The van der Waals surface area contributed by atoms with Crippen molar-refractivity contribution >= 4 is 5.69 Å². The van der Waals surface area contributed by atoms with E-state index < -0.39 is 4.92 Å². The van der Waals surface area contributed by atoms with Crippen LogP contribution in [0.1, 0.15) is 11.5 Å². The Morgan fingerprint density at radius 2 is 2.08 bits per heavy atom. The molecule has 2 aromatic carbocycles. The molecule has 24 heavy (non-hydrogen) atoms. The van der Waals surface area contributed by atoms with E-state index in [0.29, 0.717) is 11.1 Å². The SMILES string of the molecule is Cc1ccc(-c2noc(COc3ccccc3[N+](=O)[O-])n2)cc1F. The maximum atomic E-state index is 13.6. The van der Waals surface area contributed by atoms with E-state index in [1.165, 1.54) is 18.2 Å². The van der Waals surface area contributed by atoms with Gasteiger partial charge in [0.25, 0.3) is 5.89 Å². The van der Waals surface area contributed by atoms with Gasteiger partial charge in [-0.15, -0.1) is 0 Å². The van der Waals surface area contributed by atoms with E-state index in [4.69, 9.17) is 9.26 Å². The van der Waals surface area contributed by atoms with Crippen LogP contribution in [0.5, 0.6) is 5.75 Å². The Morgan fingerprint density at radius 3 is 2.83 bits per heavy atom. The number of aromatic nitrogens is 2. The van der Waals surface area contributed by atoms with Crippen LogP contribution in [0, 0.1) is 22.9 Å². The van der Waals surface area contributed by atoms with Crippen molar-refractivity contribution < 1.29 is 18.6 Å². The molecule has 0 aliphatic heterocycles. The topological polar surface area (TPSA) is 91.3 Å². The summed E-state index contributed by atoms with van der Waals surface area (Å²) >= 11 is 0. The van der Waals surface area contributed by atoms with Gasteiger partial charge in [-0.2, -0.15) is 4.98 Å². The van der Waals surface area contributed by atoms with Gasteiger partial charge in [0.2, 0.25) is 5.82 Å². The number of hydrogen-bond donors (Lipinski definition) is 0. The minimum absolute atomic E-state index is 0.101. The van der Waals surface area contributed by atoms with Gasteiger partial charge in [-0.3, -0.25) is 10.1 Å². The molecule has 0 amide bonds. The van der Waals surface area contributed by atoms with Crippen molar-refractivity contribution in [1.29, 1.82) is 0 Å². The Labute approximate surface area is 135 Å². The van der Waals surface area contributed by atoms with Gasteiger partial charge in [0, 0.05) is 11.6 Å². The van der Waals surface area contributed by atoms with Crippen LogP contribution in [0.2, 0.25) is 0 Å². The molecule has 0 saturated heterocycles. The van der Waals surface area contributed by atoms with Crippen molar-refractivity contribution in [3.8, 4) is 17.1 Å². The highest BCUT2D eigenvalue weighted by atomic mass is 19.1. The highest BCUT2D eigenvalue weighted by Crippen LogP contribution is 2.27. The molecular formula is C16H12FN3O4. The number of aryl methyl sites for hydroxylation is 1. The molecule has 1 aromatic heterocycles. The third-order valence-corrected chi connectivity index (χ3v) is 3.31. The van der Waals surface area contributed by atoms with Crippen molar-refractivity contribution in [3.05, 3.63) is 69.9 Å². The average Bonchev–Trinajstić information content (AvgIpc) is 3.04. The molecule has 3 aromatic rings. The summed E-state index contributed by atoms with van der Waals surface area (Å²) in [6, 6.07) is 10.6. The van der Waals surface area contributed by atoms with Crippen LogP contribution in [0.25, 0.3) is 11.4 Å². The lowest BCUT2D eigenvalue weighted by Crippen LogP contribution is -1.99. The first-order chi connectivity index (χ1) is 11.5. The number of benzene rings is 2. The summed E-state index contributed by atoms with van der Waals surface area (Å²) < 4.78 is 24.0. The van der Waals surface area contributed by atoms with E-state index in [1.54, 1.807) is 31.2 Å². The highest BCUT2D eigenvalue weighted by molar-refractivity contribution is 5.55. The summed E-state index contributed by atoms with van der Waals surface area (Å²) in [6.45, 7) is 1.52. The number of para-hydroxylation sites is 2. The molecule has 1 heterocycles. The normalized spacial score (nSPS) is 10.6. The molecule has 0 radical (unpaired) electrons. The van der Waals surface area contributed by atoms with E-state index in [1.807, 2.05) is 0 Å². The number of nitro benzene ring substituents is 1. The molecule has 8 heteroatoms. The first-order valence-electron chi connectivity index (χ1n) is 7.00. The van der Waals surface area contributed by atoms with Crippen LogP contribution in [0.15, 0.2) is 47.0 Å². The van der Waals surface area contributed by atoms with Crippen molar-refractivity contribution in [2.45, 2.75) is 13.5 Å². The van der Waals surface area contributed by atoms with Gasteiger partial charge in [0.15, 0.2) is 12.4 Å². The lowest BCUT2D eigenvalue weighted by Gasteiger charge is -2.03. The quantitative estimate of drug-likeness (QED) is 0.524. The van der Waals surface area contributed by atoms with Crippen LogP contribution < -0.4 is 4.74 Å². The Bertz CT molecular complexity index is 895. The Balaban J connectivity index is 1.75. The zero-order valence-electron chi connectivity index (χ0n) is 12.6. The summed E-state index contributed by atoms with van der Waals surface area (Å²) in [5, 5.41) is 14.7. The fraction of sp³-hybridized carbons (Fsp3) is 0.125. The molecule has 0 aliphatic rings. The maximum Gasteiger partial charge on any atom is 0.310 e. The summed E-state index contributed by atoms with van der Waals surface area (Å²) in [7, 11) is 0. The second kappa shape index (κ2) is 6.45. The maximum absolute atomic E-state index is 13.6. The number of ether oxygens (including phenoxy) is 1. The van der Waals surface area contributed by atoms with E-state index in [-0.39, 0.29) is 35.6 Å². The van der Waals surface area contributed by atoms with Crippen molar-refractivity contribution in [3.63, 3.8) is 0 Å². The number of nitrogens with zero attached hydrogens (tertiary/aromatic N) is 3. The molecule has 7 nitrogen and oxygen atoms in total. The number of halogens is 1. The second-order valence-corrected chi connectivity index (χ2v) is 4.99. The number of rotatable bonds is 5. The predicted molar refractivity (Wildman–Crippen MR) is 81.9 cm³/mol. The summed E-state index contributed by atoms with van der Waals surface area (Å²) in [5.41, 5.74) is 0.832. The van der Waals surface area contributed by atoms with E-state index in [9.17, 15) is 14.5 Å². The number of nitro groups is 1. The fourth-order valence-corrected chi connectivity index (χ4v) is 2.03. The van der Waals surface area contributed by atoms with Crippen LogP contribution in [0.4, 0.5) is 10.1 Å². The average molecular weight is 329 g/mol. The minimum Gasteiger partial charge on any atom is -0.477 e. The van der Waals surface area contributed by atoms with Gasteiger partial charge in [-0.25, -0.2) is 4.39 Å². The lowest BCUT2D eigenvalue weighted by molar-refractivity contribution is -0.386. The first-order valence-corrected chi connectivity index (χ1v) is 7.00. The Morgan fingerprint density at radius 1 is 1.29 bits per heavy atom. The van der Waals surface area contributed by atoms with Crippen molar-refractivity contribution in [1.82, 2.24) is 10.1 Å². The van der Waals surface area contributed by atoms with Gasteiger partial charge in [0.1, 0.15) is 5.82 Å². The van der Waals surface area contributed by atoms with Crippen LogP contribution >= 0.6 is 0 Å². The van der Waals surface area contributed by atoms with Crippen molar-refractivity contribution in [2.75, 3.05) is 0 Å². The molecular weight excluding hydrogens is 317 g/mol. The summed E-state index contributed by atoms with van der Waals surface area (Å²) in [5.74, 6) is 0.0813. The zero-order chi connectivity index (χ0) is 17.1. The molecule has 0 spiro atoms. The molecule has 0 fully saturated rings. The van der Waals surface area contributed by atoms with E-state index in [0.717, 1.165) is 0 Å². The zero-order valence-corrected chi connectivity index (χ0v) is 12.6. The minimum atomic E-state index is -0.538.